The molecule has 6 aromatic rings. The van der Waals surface area contributed by atoms with E-state index < -0.39 is 0 Å². The van der Waals surface area contributed by atoms with Crippen LogP contribution in [-0.2, 0) is 10.8 Å². The van der Waals surface area contributed by atoms with Crippen LogP contribution in [0.3, 0.4) is 0 Å². The first-order chi connectivity index (χ1) is 20.8. The topological polar surface area (TPSA) is 3.24 Å². The molecule has 1 aliphatic carbocycles. The normalized spacial score (nSPS) is 14.4. The SMILES string of the molecule is CC1(C)c2ccccc2-c2ccc(N(c3ccccc3)c3cccc(-c4cccc(-c5ccccc5)c4)c3)cc2C1(C)C. The zero-order valence-corrected chi connectivity index (χ0v) is 25.4. The summed E-state index contributed by atoms with van der Waals surface area (Å²) < 4.78 is 0. The third-order valence-electron chi connectivity index (χ3n) is 9.81. The molecule has 210 valence electrons. The summed E-state index contributed by atoms with van der Waals surface area (Å²) in [4.78, 5) is 2.40. The van der Waals surface area contributed by atoms with Gasteiger partial charge in [0.2, 0.25) is 0 Å². The third kappa shape index (κ3) is 4.57. The van der Waals surface area contributed by atoms with Crippen LogP contribution in [-0.4, -0.2) is 0 Å². The van der Waals surface area contributed by atoms with E-state index in [9.17, 15) is 0 Å². The van der Waals surface area contributed by atoms with Gasteiger partial charge in [0.25, 0.3) is 0 Å². The maximum absolute atomic E-state index is 2.43. The highest BCUT2D eigenvalue weighted by molar-refractivity contribution is 5.85. The van der Waals surface area contributed by atoms with Crippen molar-refractivity contribution in [3.63, 3.8) is 0 Å². The van der Waals surface area contributed by atoms with Crippen molar-refractivity contribution in [2.45, 2.75) is 38.5 Å². The quantitative estimate of drug-likeness (QED) is 0.204. The average Bonchev–Trinajstić information content (AvgIpc) is 3.05. The Morgan fingerprint density at radius 3 is 1.58 bits per heavy atom. The van der Waals surface area contributed by atoms with Gasteiger partial charge < -0.3 is 4.90 Å². The van der Waals surface area contributed by atoms with Crippen molar-refractivity contribution in [3.8, 4) is 33.4 Å². The summed E-state index contributed by atoms with van der Waals surface area (Å²) in [7, 11) is 0. The van der Waals surface area contributed by atoms with Crippen molar-refractivity contribution >= 4 is 17.1 Å². The van der Waals surface area contributed by atoms with Gasteiger partial charge in [0.05, 0.1) is 0 Å². The number of hydrogen-bond donors (Lipinski definition) is 0. The first-order valence-electron chi connectivity index (χ1n) is 15.2. The fourth-order valence-corrected chi connectivity index (χ4v) is 6.72. The molecule has 43 heavy (non-hydrogen) atoms. The molecule has 0 aromatic heterocycles. The second-order valence-electron chi connectivity index (χ2n) is 12.7. The predicted molar refractivity (Wildman–Crippen MR) is 183 cm³/mol. The van der Waals surface area contributed by atoms with Crippen molar-refractivity contribution in [2.75, 3.05) is 4.90 Å². The van der Waals surface area contributed by atoms with Crippen LogP contribution >= 0.6 is 0 Å². The van der Waals surface area contributed by atoms with E-state index in [1.54, 1.807) is 0 Å². The maximum Gasteiger partial charge on any atom is 0.0467 e. The molecule has 0 amide bonds. The lowest BCUT2D eigenvalue weighted by molar-refractivity contribution is 0.299. The minimum absolute atomic E-state index is 0.0174. The zero-order chi connectivity index (χ0) is 29.6. The van der Waals surface area contributed by atoms with Gasteiger partial charge >= 0.3 is 0 Å². The summed E-state index contributed by atoms with van der Waals surface area (Å²) in [5.41, 5.74) is 13.7. The van der Waals surface area contributed by atoms with Crippen LogP contribution in [0, 0.1) is 0 Å². The number of anilines is 3. The van der Waals surface area contributed by atoms with Crippen LogP contribution < -0.4 is 4.90 Å². The van der Waals surface area contributed by atoms with Crippen molar-refractivity contribution in [2.24, 2.45) is 0 Å². The minimum Gasteiger partial charge on any atom is -0.310 e. The Balaban J connectivity index is 1.37. The molecule has 0 bridgehead atoms. The average molecular weight is 556 g/mol. The molecule has 0 fully saturated rings. The molecular formula is C42H37N. The summed E-state index contributed by atoms with van der Waals surface area (Å²) in [6, 6.07) is 55.1. The maximum atomic E-state index is 2.43. The van der Waals surface area contributed by atoms with E-state index in [4.69, 9.17) is 0 Å². The van der Waals surface area contributed by atoms with Crippen molar-refractivity contribution in [1.82, 2.24) is 0 Å². The van der Waals surface area contributed by atoms with Crippen molar-refractivity contribution in [1.29, 1.82) is 0 Å². The molecule has 0 saturated heterocycles. The molecule has 1 aliphatic rings. The Morgan fingerprint density at radius 1 is 0.349 bits per heavy atom. The van der Waals surface area contributed by atoms with Crippen LogP contribution in [0.4, 0.5) is 17.1 Å². The summed E-state index contributed by atoms with van der Waals surface area (Å²) >= 11 is 0. The Bertz CT molecular complexity index is 1910. The van der Waals surface area contributed by atoms with Crippen LogP contribution in [0.25, 0.3) is 33.4 Å². The molecule has 0 radical (unpaired) electrons. The van der Waals surface area contributed by atoms with Gasteiger partial charge in [-0.15, -0.1) is 0 Å². The molecule has 0 saturated carbocycles. The summed E-state index contributed by atoms with van der Waals surface area (Å²) in [6.45, 7) is 9.59. The number of fused-ring (bicyclic) bond motifs is 3. The molecule has 0 heterocycles. The molecule has 0 N–H and O–H groups in total. The highest BCUT2D eigenvalue weighted by Crippen LogP contribution is 2.54. The standard InChI is InChI=1S/C42H37N/c1-41(2)39-24-12-11-23-37(39)38-26-25-36(29-40(38)42(41,3)4)43(34-20-9-6-10-21-34)35-22-14-19-33(28-35)32-18-13-17-31(27-32)30-15-7-5-8-16-30/h5-29H,1-4H3. The van der Waals surface area contributed by atoms with Gasteiger partial charge in [0.1, 0.15) is 0 Å². The Morgan fingerprint density at radius 2 is 0.837 bits per heavy atom. The molecule has 7 rings (SSSR count). The van der Waals surface area contributed by atoms with Gasteiger partial charge in [0, 0.05) is 17.1 Å². The van der Waals surface area contributed by atoms with Crippen molar-refractivity contribution < 1.29 is 0 Å². The van der Waals surface area contributed by atoms with Gasteiger partial charge in [-0.25, -0.2) is 0 Å². The predicted octanol–water partition coefficient (Wildman–Crippen LogP) is 11.7. The molecule has 0 aliphatic heterocycles. The second kappa shape index (κ2) is 10.4. The van der Waals surface area contributed by atoms with Gasteiger partial charge in [-0.05, 0) is 97.8 Å². The molecule has 0 unspecified atom stereocenters. The lowest BCUT2D eigenvalue weighted by Crippen LogP contribution is -2.43. The van der Waals surface area contributed by atoms with E-state index in [0.29, 0.717) is 0 Å². The zero-order valence-electron chi connectivity index (χ0n) is 25.4. The fraction of sp³-hybridized carbons (Fsp3) is 0.143. The summed E-state index contributed by atoms with van der Waals surface area (Å²) in [6.07, 6.45) is 0. The minimum atomic E-state index is -0.0607. The van der Waals surface area contributed by atoms with E-state index in [1.165, 1.54) is 50.2 Å². The lowest BCUT2D eigenvalue weighted by Gasteiger charge is -2.48. The van der Waals surface area contributed by atoms with Crippen LogP contribution in [0.1, 0.15) is 38.8 Å². The van der Waals surface area contributed by atoms with Gasteiger partial charge in [-0.3, -0.25) is 0 Å². The second-order valence-corrected chi connectivity index (χ2v) is 12.7. The first-order valence-corrected chi connectivity index (χ1v) is 15.2. The molecule has 6 aromatic carbocycles. The van der Waals surface area contributed by atoms with Gasteiger partial charge in [-0.1, -0.05) is 137 Å². The van der Waals surface area contributed by atoms with E-state index in [2.05, 4.69) is 184 Å². The van der Waals surface area contributed by atoms with E-state index in [-0.39, 0.29) is 10.8 Å². The summed E-state index contributed by atoms with van der Waals surface area (Å²) in [5, 5.41) is 0. The Labute approximate surface area is 256 Å². The first kappa shape index (κ1) is 27.0. The van der Waals surface area contributed by atoms with E-state index >= 15 is 0 Å². The highest BCUT2D eigenvalue weighted by Gasteiger charge is 2.45. The fourth-order valence-electron chi connectivity index (χ4n) is 6.72. The number of hydrogen-bond acceptors (Lipinski definition) is 1. The third-order valence-corrected chi connectivity index (χ3v) is 9.81. The Kier molecular flexibility index (Phi) is 6.55. The summed E-state index contributed by atoms with van der Waals surface area (Å²) in [5.74, 6) is 0. The Hall–Kier alpha value is -4.88. The smallest absolute Gasteiger partial charge is 0.0467 e. The monoisotopic (exact) mass is 555 g/mol. The number of benzene rings is 6. The van der Waals surface area contributed by atoms with Crippen LogP contribution in [0.15, 0.2) is 152 Å². The van der Waals surface area contributed by atoms with Crippen LogP contribution in [0.2, 0.25) is 0 Å². The largest absolute Gasteiger partial charge is 0.310 e. The molecule has 1 nitrogen and oxygen atoms in total. The van der Waals surface area contributed by atoms with Gasteiger partial charge in [0.15, 0.2) is 0 Å². The number of nitrogens with zero attached hydrogens (tertiary/aromatic N) is 1. The molecule has 1 heteroatoms. The molecular weight excluding hydrogens is 518 g/mol. The number of rotatable bonds is 5. The van der Waals surface area contributed by atoms with Crippen LogP contribution in [0.5, 0.6) is 0 Å². The van der Waals surface area contributed by atoms with Gasteiger partial charge in [-0.2, -0.15) is 0 Å². The van der Waals surface area contributed by atoms with Crippen molar-refractivity contribution in [3.05, 3.63) is 163 Å². The highest BCUT2D eigenvalue weighted by atomic mass is 15.1. The molecule has 0 atom stereocenters. The van der Waals surface area contributed by atoms with E-state index in [1.807, 2.05) is 0 Å². The molecule has 0 spiro atoms. The number of para-hydroxylation sites is 1. The van der Waals surface area contributed by atoms with E-state index in [0.717, 1.165) is 11.4 Å². The lowest BCUT2D eigenvalue weighted by atomic mass is 9.55.